The topological polar surface area (TPSA) is 55.1 Å². The molecule has 0 fully saturated rings. The van der Waals surface area contributed by atoms with Gasteiger partial charge >= 0.3 is 0 Å². The molecule has 0 aliphatic carbocycles. The SMILES string of the molecule is NC(=O)CCCCNCc1ccc(I)cc1. The summed E-state index contributed by atoms with van der Waals surface area (Å²) in [5.74, 6) is -0.211. The Kier molecular flexibility index (Phi) is 6.40. The summed E-state index contributed by atoms with van der Waals surface area (Å²) in [6.45, 7) is 1.81. The highest BCUT2D eigenvalue weighted by Crippen LogP contribution is 2.06. The zero-order chi connectivity index (χ0) is 11.8. The van der Waals surface area contributed by atoms with Gasteiger partial charge in [0, 0.05) is 16.5 Å². The Morgan fingerprint density at radius 1 is 1.25 bits per heavy atom. The molecule has 3 N–H and O–H groups in total. The molecule has 0 aliphatic rings. The number of nitrogens with two attached hydrogens (primary N) is 1. The van der Waals surface area contributed by atoms with Crippen LogP contribution < -0.4 is 11.1 Å². The first-order chi connectivity index (χ1) is 7.68. The van der Waals surface area contributed by atoms with E-state index in [-0.39, 0.29) is 5.91 Å². The molecule has 1 aromatic carbocycles. The Morgan fingerprint density at radius 3 is 2.56 bits per heavy atom. The summed E-state index contributed by atoms with van der Waals surface area (Å²) in [4.78, 5) is 10.5. The summed E-state index contributed by atoms with van der Waals surface area (Å²) >= 11 is 2.29. The van der Waals surface area contributed by atoms with Gasteiger partial charge < -0.3 is 11.1 Å². The molecule has 0 aromatic heterocycles. The Labute approximate surface area is 110 Å². The smallest absolute Gasteiger partial charge is 0.217 e. The lowest BCUT2D eigenvalue weighted by Gasteiger charge is -2.04. The van der Waals surface area contributed by atoms with Gasteiger partial charge in [0.2, 0.25) is 5.91 Å². The third-order valence-electron chi connectivity index (χ3n) is 2.27. The Hall–Kier alpha value is -0.620. The van der Waals surface area contributed by atoms with Crippen molar-refractivity contribution in [3.05, 3.63) is 33.4 Å². The minimum atomic E-state index is -0.211. The van der Waals surface area contributed by atoms with E-state index in [0.717, 1.165) is 25.9 Å². The van der Waals surface area contributed by atoms with Gasteiger partial charge in [-0.15, -0.1) is 0 Å². The maximum atomic E-state index is 10.5. The van der Waals surface area contributed by atoms with Crippen LogP contribution in [0.1, 0.15) is 24.8 Å². The zero-order valence-corrected chi connectivity index (χ0v) is 11.4. The average molecular weight is 332 g/mol. The van der Waals surface area contributed by atoms with Gasteiger partial charge in [0.25, 0.3) is 0 Å². The van der Waals surface area contributed by atoms with Crippen LogP contribution in [0.3, 0.4) is 0 Å². The van der Waals surface area contributed by atoms with Crippen LogP contribution in [0.2, 0.25) is 0 Å². The largest absolute Gasteiger partial charge is 0.370 e. The Bertz CT molecular complexity index is 324. The van der Waals surface area contributed by atoms with Crippen LogP contribution in [-0.2, 0) is 11.3 Å². The molecule has 1 rings (SSSR count). The summed E-state index contributed by atoms with van der Waals surface area (Å²) in [5.41, 5.74) is 6.34. The highest BCUT2D eigenvalue weighted by atomic mass is 127. The first-order valence-corrected chi connectivity index (χ1v) is 6.50. The lowest BCUT2D eigenvalue weighted by Crippen LogP contribution is -2.16. The molecule has 0 radical (unpaired) electrons. The first-order valence-electron chi connectivity index (χ1n) is 5.42. The number of carbonyl (C=O) groups is 1. The minimum absolute atomic E-state index is 0.211. The quantitative estimate of drug-likeness (QED) is 0.593. The number of unbranched alkanes of at least 4 members (excludes halogenated alkanes) is 1. The van der Waals surface area contributed by atoms with Crippen LogP contribution in [0.5, 0.6) is 0 Å². The second-order valence-corrected chi connectivity index (χ2v) is 4.97. The van der Waals surface area contributed by atoms with Gasteiger partial charge in [0.1, 0.15) is 0 Å². The monoisotopic (exact) mass is 332 g/mol. The molecule has 0 saturated carbocycles. The normalized spacial score (nSPS) is 10.3. The van der Waals surface area contributed by atoms with Crippen LogP contribution in [-0.4, -0.2) is 12.5 Å². The van der Waals surface area contributed by atoms with Gasteiger partial charge in [0.05, 0.1) is 0 Å². The van der Waals surface area contributed by atoms with E-state index < -0.39 is 0 Å². The fraction of sp³-hybridized carbons (Fsp3) is 0.417. The number of amides is 1. The minimum Gasteiger partial charge on any atom is -0.370 e. The van der Waals surface area contributed by atoms with E-state index in [1.165, 1.54) is 9.13 Å². The fourth-order valence-corrected chi connectivity index (χ4v) is 1.74. The average Bonchev–Trinajstić information content (AvgIpc) is 2.25. The lowest BCUT2D eigenvalue weighted by molar-refractivity contribution is -0.118. The molecule has 0 unspecified atom stereocenters. The van der Waals surface area contributed by atoms with Gasteiger partial charge in [0.15, 0.2) is 0 Å². The summed E-state index contributed by atoms with van der Waals surface area (Å²) in [7, 11) is 0. The number of rotatable bonds is 7. The first kappa shape index (κ1) is 13.4. The predicted molar refractivity (Wildman–Crippen MR) is 73.9 cm³/mol. The van der Waals surface area contributed by atoms with Crippen LogP contribution >= 0.6 is 22.6 Å². The second kappa shape index (κ2) is 7.62. The van der Waals surface area contributed by atoms with Gasteiger partial charge in [-0.1, -0.05) is 12.1 Å². The highest BCUT2D eigenvalue weighted by Gasteiger charge is 1.95. The van der Waals surface area contributed by atoms with Crippen molar-refractivity contribution in [1.29, 1.82) is 0 Å². The van der Waals surface area contributed by atoms with Crippen molar-refractivity contribution in [1.82, 2.24) is 5.32 Å². The van der Waals surface area contributed by atoms with Crippen LogP contribution in [0.15, 0.2) is 24.3 Å². The second-order valence-electron chi connectivity index (χ2n) is 3.73. The molecular weight excluding hydrogens is 315 g/mol. The third-order valence-corrected chi connectivity index (χ3v) is 2.99. The molecule has 1 amide bonds. The summed E-state index contributed by atoms with van der Waals surface area (Å²) < 4.78 is 1.25. The van der Waals surface area contributed by atoms with Crippen LogP contribution in [0.25, 0.3) is 0 Å². The number of carbonyl (C=O) groups excluding carboxylic acids is 1. The Morgan fingerprint density at radius 2 is 1.94 bits per heavy atom. The summed E-state index contributed by atoms with van der Waals surface area (Å²) in [6.07, 6.45) is 2.35. The molecule has 0 bridgehead atoms. The van der Waals surface area contributed by atoms with E-state index in [4.69, 9.17) is 5.73 Å². The fourth-order valence-electron chi connectivity index (χ4n) is 1.38. The lowest BCUT2D eigenvalue weighted by atomic mass is 10.2. The number of hydrogen-bond acceptors (Lipinski definition) is 2. The summed E-state index contributed by atoms with van der Waals surface area (Å²) in [5, 5.41) is 3.34. The number of nitrogens with one attached hydrogen (secondary N) is 1. The molecule has 1 aromatic rings. The highest BCUT2D eigenvalue weighted by molar-refractivity contribution is 14.1. The number of hydrogen-bond donors (Lipinski definition) is 2. The van der Waals surface area contributed by atoms with Crippen molar-refractivity contribution < 1.29 is 4.79 Å². The van der Waals surface area contributed by atoms with E-state index >= 15 is 0 Å². The number of benzene rings is 1. The van der Waals surface area contributed by atoms with Crippen LogP contribution in [0.4, 0.5) is 0 Å². The van der Waals surface area contributed by atoms with E-state index in [0.29, 0.717) is 6.42 Å². The zero-order valence-electron chi connectivity index (χ0n) is 9.21. The van der Waals surface area contributed by atoms with E-state index in [1.807, 2.05) is 0 Å². The maximum absolute atomic E-state index is 10.5. The van der Waals surface area contributed by atoms with Gasteiger partial charge in [-0.05, 0) is 59.7 Å². The Balaban J connectivity index is 2.07. The molecule has 88 valence electrons. The number of primary amides is 1. The molecule has 3 nitrogen and oxygen atoms in total. The van der Waals surface area contributed by atoms with Crippen molar-refractivity contribution in [3.63, 3.8) is 0 Å². The van der Waals surface area contributed by atoms with E-state index in [2.05, 4.69) is 52.2 Å². The number of halogens is 1. The molecule has 0 atom stereocenters. The predicted octanol–water partition coefficient (Wildman–Crippen LogP) is 2.04. The molecule has 4 heteroatoms. The van der Waals surface area contributed by atoms with Crippen molar-refractivity contribution >= 4 is 28.5 Å². The van der Waals surface area contributed by atoms with E-state index in [1.54, 1.807) is 0 Å². The van der Waals surface area contributed by atoms with Crippen LogP contribution in [0, 0.1) is 3.57 Å². The van der Waals surface area contributed by atoms with Gasteiger partial charge in [-0.2, -0.15) is 0 Å². The molecular formula is C12H17IN2O. The summed E-state index contributed by atoms with van der Waals surface area (Å²) in [6, 6.07) is 8.45. The van der Waals surface area contributed by atoms with Gasteiger partial charge in [-0.25, -0.2) is 0 Å². The molecule has 16 heavy (non-hydrogen) atoms. The molecule has 0 saturated heterocycles. The van der Waals surface area contributed by atoms with Crippen molar-refractivity contribution in [3.8, 4) is 0 Å². The third kappa shape index (κ3) is 6.07. The maximum Gasteiger partial charge on any atom is 0.217 e. The molecule has 0 heterocycles. The van der Waals surface area contributed by atoms with Crippen molar-refractivity contribution in [2.24, 2.45) is 5.73 Å². The molecule has 0 aliphatic heterocycles. The van der Waals surface area contributed by atoms with Crippen molar-refractivity contribution in [2.45, 2.75) is 25.8 Å². The van der Waals surface area contributed by atoms with Gasteiger partial charge in [-0.3, -0.25) is 4.79 Å². The standard InChI is InChI=1S/C12H17IN2O/c13-11-6-4-10(5-7-11)9-15-8-2-1-3-12(14)16/h4-7,15H,1-3,8-9H2,(H2,14,16). The molecule has 0 spiro atoms. The van der Waals surface area contributed by atoms with E-state index in [9.17, 15) is 4.79 Å². The van der Waals surface area contributed by atoms with Crippen molar-refractivity contribution in [2.75, 3.05) is 6.54 Å².